The second kappa shape index (κ2) is 8.82. The molecule has 2 aliphatic heterocycles. The second-order valence-electron chi connectivity index (χ2n) is 8.25. The number of hydrogen-bond donors (Lipinski definition) is 1. The minimum Gasteiger partial charge on any atom is -0.330 e. The van der Waals surface area contributed by atoms with Gasteiger partial charge in [0.05, 0.1) is 17.3 Å². The number of fused-ring (bicyclic) bond motifs is 1. The topological polar surface area (TPSA) is 69.3 Å². The Morgan fingerprint density at radius 3 is 2.72 bits per heavy atom. The zero-order valence-corrected chi connectivity index (χ0v) is 18.9. The van der Waals surface area contributed by atoms with Gasteiger partial charge in [-0.15, -0.1) is 11.8 Å². The molecule has 0 bridgehead atoms. The molecule has 1 atom stereocenters. The van der Waals surface area contributed by atoms with E-state index in [1.807, 2.05) is 59.7 Å². The molecule has 6 nitrogen and oxygen atoms in total. The number of para-hydroxylation sites is 1. The number of carbonyl (C=O) groups is 2. The first-order valence-corrected chi connectivity index (χ1v) is 12.3. The largest absolute Gasteiger partial charge is 0.330 e. The standard InChI is InChI=1S/C25H26N4O2S/c1-32-23-12-5-3-9-18(23)24(30)28-14-7-6-11-22(28)19-16-20(27-26-19)25(31)29-15-13-17-8-2-4-10-21(17)29/h2-5,8-10,12,16,22H,6-7,11,13-15H2,1H3,(H,26,27). The van der Waals surface area contributed by atoms with Crippen LogP contribution in [0.3, 0.4) is 0 Å². The first-order valence-electron chi connectivity index (χ1n) is 11.1. The zero-order chi connectivity index (χ0) is 22.1. The number of benzene rings is 2. The molecule has 1 N–H and O–H groups in total. The Kier molecular flexibility index (Phi) is 5.74. The summed E-state index contributed by atoms with van der Waals surface area (Å²) in [7, 11) is 0. The van der Waals surface area contributed by atoms with Crippen molar-refractivity contribution in [2.24, 2.45) is 0 Å². The number of likely N-dealkylation sites (tertiary alicyclic amines) is 1. The highest BCUT2D eigenvalue weighted by atomic mass is 32.2. The quantitative estimate of drug-likeness (QED) is 0.590. The fourth-order valence-corrected chi connectivity index (χ4v) is 5.37. The molecule has 164 valence electrons. The molecule has 1 aromatic heterocycles. The second-order valence-corrected chi connectivity index (χ2v) is 9.10. The summed E-state index contributed by atoms with van der Waals surface area (Å²) in [5.74, 6) is -0.0607. The van der Waals surface area contributed by atoms with Crippen LogP contribution in [0.4, 0.5) is 5.69 Å². The number of nitrogens with zero attached hydrogens (tertiary/aromatic N) is 3. The van der Waals surface area contributed by atoms with Crippen LogP contribution in [-0.4, -0.2) is 46.3 Å². The summed E-state index contributed by atoms with van der Waals surface area (Å²) in [6.07, 6.45) is 5.73. The molecule has 5 rings (SSSR count). The highest BCUT2D eigenvalue weighted by Gasteiger charge is 2.32. The Labute approximate surface area is 192 Å². The number of H-pyrrole nitrogens is 1. The average Bonchev–Trinajstić information content (AvgIpc) is 3.51. The molecular formula is C25H26N4O2S. The summed E-state index contributed by atoms with van der Waals surface area (Å²) in [4.78, 5) is 31.4. The number of nitrogens with one attached hydrogen (secondary N) is 1. The highest BCUT2D eigenvalue weighted by Crippen LogP contribution is 2.34. The average molecular weight is 447 g/mol. The Hall–Kier alpha value is -3.06. The van der Waals surface area contributed by atoms with E-state index >= 15 is 0 Å². The molecule has 2 aromatic carbocycles. The van der Waals surface area contributed by atoms with Crippen molar-refractivity contribution in [3.63, 3.8) is 0 Å². The van der Waals surface area contributed by atoms with E-state index in [9.17, 15) is 9.59 Å². The van der Waals surface area contributed by atoms with E-state index in [4.69, 9.17) is 0 Å². The lowest BCUT2D eigenvalue weighted by Gasteiger charge is -2.35. The molecular weight excluding hydrogens is 420 g/mol. The van der Waals surface area contributed by atoms with E-state index in [1.54, 1.807) is 16.7 Å². The third-order valence-electron chi connectivity index (χ3n) is 6.41. The number of carbonyl (C=O) groups excluding carboxylic acids is 2. The van der Waals surface area contributed by atoms with Gasteiger partial charge in [-0.05, 0) is 61.8 Å². The van der Waals surface area contributed by atoms with Crippen LogP contribution < -0.4 is 4.90 Å². The summed E-state index contributed by atoms with van der Waals surface area (Å²) in [6.45, 7) is 1.37. The molecule has 3 aromatic rings. The summed E-state index contributed by atoms with van der Waals surface area (Å²) < 4.78 is 0. The molecule has 1 fully saturated rings. The zero-order valence-electron chi connectivity index (χ0n) is 18.1. The Bertz CT molecular complexity index is 1160. The Balaban J connectivity index is 1.40. The summed E-state index contributed by atoms with van der Waals surface area (Å²) in [6, 6.07) is 17.5. The monoisotopic (exact) mass is 446 g/mol. The van der Waals surface area contributed by atoms with E-state index in [2.05, 4.69) is 16.3 Å². The van der Waals surface area contributed by atoms with Crippen molar-refractivity contribution in [3.8, 4) is 0 Å². The fraction of sp³-hybridized carbons (Fsp3) is 0.320. The summed E-state index contributed by atoms with van der Waals surface area (Å²) >= 11 is 1.58. The van der Waals surface area contributed by atoms with E-state index in [0.717, 1.165) is 47.5 Å². The maximum Gasteiger partial charge on any atom is 0.278 e. The molecule has 1 saturated heterocycles. The number of anilines is 1. The van der Waals surface area contributed by atoms with Crippen LogP contribution in [-0.2, 0) is 6.42 Å². The maximum atomic E-state index is 13.5. The smallest absolute Gasteiger partial charge is 0.278 e. The van der Waals surface area contributed by atoms with E-state index in [-0.39, 0.29) is 17.9 Å². The third-order valence-corrected chi connectivity index (χ3v) is 7.20. The predicted octanol–water partition coefficient (Wildman–Crippen LogP) is 4.70. The maximum absolute atomic E-state index is 13.5. The molecule has 7 heteroatoms. The summed E-state index contributed by atoms with van der Waals surface area (Å²) in [5.41, 5.74) is 4.12. The fourth-order valence-electron chi connectivity index (χ4n) is 4.78. The van der Waals surface area contributed by atoms with Gasteiger partial charge in [0.25, 0.3) is 11.8 Å². The molecule has 32 heavy (non-hydrogen) atoms. The lowest BCUT2D eigenvalue weighted by Crippen LogP contribution is -2.39. The van der Waals surface area contributed by atoms with Crippen LogP contribution in [0, 0.1) is 0 Å². The van der Waals surface area contributed by atoms with Gasteiger partial charge in [-0.25, -0.2) is 0 Å². The van der Waals surface area contributed by atoms with Crippen LogP contribution in [0.5, 0.6) is 0 Å². The third kappa shape index (κ3) is 3.71. The summed E-state index contributed by atoms with van der Waals surface area (Å²) in [5, 5.41) is 7.42. The number of rotatable bonds is 4. The van der Waals surface area contributed by atoms with Crippen molar-refractivity contribution >= 4 is 29.3 Å². The molecule has 3 heterocycles. The van der Waals surface area contributed by atoms with Gasteiger partial charge < -0.3 is 9.80 Å². The SMILES string of the molecule is CSc1ccccc1C(=O)N1CCCCC1c1cc(C(=O)N2CCc3ccccc32)n[nH]1. The Morgan fingerprint density at radius 2 is 1.84 bits per heavy atom. The van der Waals surface area contributed by atoms with Gasteiger partial charge in [-0.2, -0.15) is 5.10 Å². The van der Waals surface area contributed by atoms with Crippen molar-refractivity contribution in [1.82, 2.24) is 15.1 Å². The minimum absolute atomic E-state index is 0.0376. The van der Waals surface area contributed by atoms with Gasteiger partial charge in [-0.1, -0.05) is 30.3 Å². The number of hydrogen-bond acceptors (Lipinski definition) is 4. The molecule has 0 aliphatic carbocycles. The van der Waals surface area contributed by atoms with Gasteiger partial charge in [0.1, 0.15) is 0 Å². The normalized spacial score (nSPS) is 18.0. The van der Waals surface area contributed by atoms with Crippen LogP contribution >= 0.6 is 11.8 Å². The highest BCUT2D eigenvalue weighted by molar-refractivity contribution is 7.98. The van der Waals surface area contributed by atoms with Crippen molar-refractivity contribution in [3.05, 3.63) is 77.1 Å². The van der Waals surface area contributed by atoms with Crippen LogP contribution in [0.25, 0.3) is 0 Å². The van der Waals surface area contributed by atoms with Crippen molar-refractivity contribution in [2.75, 3.05) is 24.2 Å². The van der Waals surface area contributed by atoms with Crippen LogP contribution in [0.2, 0.25) is 0 Å². The number of piperidine rings is 1. The first-order chi connectivity index (χ1) is 15.7. The van der Waals surface area contributed by atoms with Crippen LogP contribution in [0.1, 0.15) is 57.4 Å². The number of amides is 2. The van der Waals surface area contributed by atoms with E-state index in [1.165, 1.54) is 5.56 Å². The molecule has 2 aliphatic rings. The predicted molar refractivity (Wildman–Crippen MR) is 126 cm³/mol. The van der Waals surface area contributed by atoms with Crippen molar-refractivity contribution < 1.29 is 9.59 Å². The number of aromatic nitrogens is 2. The van der Waals surface area contributed by atoms with Crippen molar-refractivity contribution in [1.29, 1.82) is 0 Å². The molecule has 0 saturated carbocycles. The van der Waals surface area contributed by atoms with Gasteiger partial charge in [0.2, 0.25) is 0 Å². The van der Waals surface area contributed by atoms with Gasteiger partial charge >= 0.3 is 0 Å². The Morgan fingerprint density at radius 1 is 1.03 bits per heavy atom. The van der Waals surface area contributed by atoms with Gasteiger partial charge in [0, 0.05) is 23.7 Å². The van der Waals surface area contributed by atoms with E-state index in [0.29, 0.717) is 18.8 Å². The number of thioether (sulfide) groups is 1. The molecule has 0 spiro atoms. The van der Waals surface area contributed by atoms with E-state index < -0.39 is 0 Å². The number of aromatic amines is 1. The van der Waals surface area contributed by atoms with Gasteiger partial charge in [-0.3, -0.25) is 14.7 Å². The first kappa shape index (κ1) is 20.8. The van der Waals surface area contributed by atoms with Crippen LogP contribution in [0.15, 0.2) is 59.5 Å². The molecule has 0 radical (unpaired) electrons. The van der Waals surface area contributed by atoms with Crippen molar-refractivity contribution in [2.45, 2.75) is 36.6 Å². The molecule has 2 amide bonds. The lowest BCUT2D eigenvalue weighted by atomic mass is 9.98. The minimum atomic E-state index is -0.105. The molecule has 1 unspecified atom stereocenters. The van der Waals surface area contributed by atoms with Gasteiger partial charge in [0.15, 0.2) is 5.69 Å². The lowest BCUT2D eigenvalue weighted by molar-refractivity contribution is 0.0602.